The van der Waals surface area contributed by atoms with E-state index in [1.54, 1.807) is 22.8 Å². The molecule has 178 valence electrons. The second-order valence-corrected chi connectivity index (χ2v) is 10.5. The number of benzene rings is 3. The van der Waals surface area contributed by atoms with Crippen molar-refractivity contribution in [3.05, 3.63) is 111 Å². The van der Waals surface area contributed by atoms with Crippen molar-refractivity contribution in [2.45, 2.75) is 46.3 Å². The van der Waals surface area contributed by atoms with Crippen LogP contribution in [0.1, 0.15) is 48.8 Å². The minimum atomic E-state index is -0.562. The first-order valence-electron chi connectivity index (χ1n) is 11.8. The normalized spacial score (nSPS) is 17.3. The molecule has 0 spiro atoms. The molecule has 1 amide bonds. The standard InChI is InChI=1S/C29H28ClN3O2/c1-19-9-11-21(12-10-19)17-32-25(16-29(2,3)28(32)35)26-31-24-15-22(30)13-14-23(24)27(34)33(26)18-20-7-5-4-6-8-20/h4-15,25H,16-18H2,1-3H3. The lowest BCUT2D eigenvalue weighted by atomic mass is 9.89. The summed E-state index contributed by atoms with van der Waals surface area (Å²) < 4.78 is 1.73. The lowest BCUT2D eigenvalue weighted by Gasteiger charge is -2.27. The molecular weight excluding hydrogens is 458 g/mol. The molecule has 0 N–H and O–H groups in total. The predicted molar refractivity (Wildman–Crippen MR) is 139 cm³/mol. The number of rotatable bonds is 5. The number of halogens is 1. The van der Waals surface area contributed by atoms with Crippen LogP contribution in [0.5, 0.6) is 0 Å². The van der Waals surface area contributed by atoms with E-state index >= 15 is 0 Å². The maximum absolute atomic E-state index is 13.7. The van der Waals surface area contributed by atoms with Crippen molar-refractivity contribution in [3.63, 3.8) is 0 Å². The van der Waals surface area contributed by atoms with Crippen molar-refractivity contribution in [2.75, 3.05) is 0 Å². The summed E-state index contributed by atoms with van der Waals surface area (Å²) in [5.74, 6) is 0.662. The molecule has 2 heterocycles. The van der Waals surface area contributed by atoms with Crippen molar-refractivity contribution in [2.24, 2.45) is 5.41 Å². The second-order valence-electron chi connectivity index (χ2n) is 10.0. The number of carbonyl (C=O) groups is 1. The Morgan fingerprint density at radius 3 is 2.34 bits per heavy atom. The first-order valence-corrected chi connectivity index (χ1v) is 12.2. The Morgan fingerprint density at radius 2 is 1.63 bits per heavy atom. The summed E-state index contributed by atoms with van der Waals surface area (Å²) >= 11 is 6.26. The van der Waals surface area contributed by atoms with Crippen molar-refractivity contribution < 1.29 is 4.79 Å². The van der Waals surface area contributed by atoms with Gasteiger partial charge in [0.15, 0.2) is 0 Å². The number of nitrogens with zero attached hydrogens (tertiary/aromatic N) is 3. The molecule has 3 aromatic carbocycles. The lowest BCUT2D eigenvalue weighted by Crippen LogP contribution is -2.35. The minimum Gasteiger partial charge on any atom is -0.328 e. The molecule has 0 bridgehead atoms. The SMILES string of the molecule is Cc1ccc(CN2C(=O)C(C)(C)CC2c2nc3cc(Cl)ccc3c(=O)n2Cc2ccccc2)cc1. The monoisotopic (exact) mass is 485 g/mol. The van der Waals surface area contributed by atoms with Crippen molar-refractivity contribution >= 4 is 28.4 Å². The van der Waals surface area contributed by atoms with Crippen LogP contribution in [0.4, 0.5) is 0 Å². The molecule has 5 nitrogen and oxygen atoms in total. The van der Waals surface area contributed by atoms with Crippen LogP contribution in [0.3, 0.4) is 0 Å². The Kier molecular flexibility index (Phi) is 5.97. The van der Waals surface area contributed by atoms with Crippen LogP contribution in [-0.4, -0.2) is 20.4 Å². The van der Waals surface area contributed by atoms with Gasteiger partial charge in [-0.15, -0.1) is 0 Å². The van der Waals surface area contributed by atoms with E-state index in [1.165, 1.54) is 5.56 Å². The van der Waals surface area contributed by atoms with Gasteiger partial charge in [0.25, 0.3) is 5.56 Å². The minimum absolute atomic E-state index is 0.0646. The van der Waals surface area contributed by atoms with Crippen LogP contribution < -0.4 is 5.56 Å². The molecule has 5 rings (SSSR count). The molecule has 1 unspecified atom stereocenters. The van der Waals surface area contributed by atoms with Crippen LogP contribution in [0, 0.1) is 12.3 Å². The number of hydrogen-bond donors (Lipinski definition) is 0. The van der Waals surface area contributed by atoms with E-state index in [2.05, 4.69) is 24.3 Å². The number of carbonyl (C=O) groups excluding carboxylic acids is 1. The molecule has 1 aromatic heterocycles. The summed E-state index contributed by atoms with van der Waals surface area (Å²) in [4.78, 5) is 34.1. The summed E-state index contributed by atoms with van der Waals surface area (Å²) in [5.41, 5.74) is 3.08. The van der Waals surface area contributed by atoms with E-state index in [-0.39, 0.29) is 17.5 Å². The average molecular weight is 486 g/mol. The largest absolute Gasteiger partial charge is 0.328 e. The molecule has 1 saturated heterocycles. The summed E-state index contributed by atoms with van der Waals surface area (Å²) in [5, 5.41) is 1.04. The van der Waals surface area contributed by atoms with Gasteiger partial charge in [-0.3, -0.25) is 14.2 Å². The topological polar surface area (TPSA) is 55.2 Å². The van der Waals surface area contributed by atoms with Gasteiger partial charge < -0.3 is 4.90 Å². The number of aryl methyl sites for hydroxylation is 1. The summed E-state index contributed by atoms with van der Waals surface area (Å²) in [6.45, 7) is 6.82. The van der Waals surface area contributed by atoms with Gasteiger partial charge in [0.2, 0.25) is 5.91 Å². The van der Waals surface area contributed by atoms with E-state index in [0.717, 1.165) is 11.1 Å². The van der Waals surface area contributed by atoms with Gasteiger partial charge in [-0.05, 0) is 42.7 Å². The van der Waals surface area contributed by atoms with Crippen molar-refractivity contribution in [1.82, 2.24) is 14.5 Å². The van der Waals surface area contributed by atoms with Crippen molar-refractivity contribution in [3.8, 4) is 0 Å². The molecule has 35 heavy (non-hydrogen) atoms. The van der Waals surface area contributed by atoms with E-state index < -0.39 is 5.41 Å². The van der Waals surface area contributed by atoms with Gasteiger partial charge in [-0.25, -0.2) is 4.98 Å². The van der Waals surface area contributed by atoms with Crippen LogP contribution in [0.15, 0.2) is 77.6 Å². The Balaban J connectivity index is 1.67. The Hall–Kier alpha value is -3.44. The zero-order valence-electron chi connectivity index (χ0n) is 20.2. The molecule has 0 radical (unpaired) electrons. The quantitative estimate of drug-likeness (QED) is 0.353. The number of likely N-dealkylation sites (tertiary alicyclic amines) is 1. The van der Waals surface area contributed by atoms with E-state index in [0.29, 0.717) is 41.3 Å². The van der Waals surface area contributed by atoms with Crippen LogP contribution in [-0.2, 0) is 17.9 Å². The molecule has 1 atom stereocenters. The van der Waals surface area contributed by atoms with E-state index in [1.807, 2.05) is 56.0 Å². The molecular formula is C29H28ClN3O2. The van der Waals surface area contributed by atoms with Gasteiger partial charge in [0.1, 0.15) is 5.82 Å². The van der Waals surface area contributed by atoms with Gasteiger partial charge in [-0.1, -0.05) is 85.6 Å². The third-order valence-electron chi connectivity index (χ3n) is 6.82. The molecule has 1 aliphatic heterocycles. The average Bonchev–Trinajstić information content (AvgIpc) is 3.06. The fraction of sp³-hybridized carbons (Fsp3) is 0.276. The molecule has 0 aliphatic carbocycles. The maximum atomic E-state index is 13.7. The number of fused-ring (bicyclic) bond motifs is 1. The summed E-state index contributed by atoms with van der Waals surface area (Å²) in [6, 6.07) is 22.9. The van der Waals surface area contributed by atoms with E-state index in [9.17, 15) is 9.59 Å². The third-order valence-corrected chi connectivity index (χ3v) is 7.06. The molecule has 6 heteroatoms. The maximum Gasteiger partial charge on any atom is 0.261 e. The number of aromatic nitrogens is 2. The smallest absolute Gasteiger partial charge is 0.261 e. The highest BCUT2D eigenvalue weighted by Crippen LogP contribution is 2.44. The zero-order chi connectivity index (χ0) is 24.7. The second kappa shape index (κ2) is 8.97. The van der Waals surface area contributed by atoms with Crippen molar-refractivity contribution in [1.29, 1.82) is 0 Å². The molecule has 4 aromatic rings. The van der Waals surface area contributed by atoms with Gasteiger partial charge in [0.05, 0.1) is 23.5 Å². The number of amides is 1. The lowest BCUT2D eigenvalue weighted by molar-refractivity contribution is -0.136. The third kappa shape index (κ3) is 4.48. The van der Waals surface area contributed by atoms with Crippen LogP contribution >= 0.6 is 11.6 Å². The van der Waals surface area contributed by atoms with Gasteiger partial charge in [0, 0.05) is 17.0 Å². The highest BCUT2D eigenvalue weighted by molar-refractivity contribution is 6.31. The zero-order valence-corrected chi connectivity index (χ0v) is 20.9. The highest BCUT2D eigenvalue weighted by atomic mass is 35.5. The Bertz CT molecular complexity index is 1460. The molecule has 1 aliphatic rings. The summed E-state index contributed by atoms with van der Waals surface area (Å²) in [7, 11) is 0. The first kappa shape index (κ1) is 23.3. The van der Waals surface area contributed by atoms with Crippen LogP contribution in [0.2, 0.25) is 5.02 Å². The Labute approximate surface area is 210 Å². The molecule has 0 saturated carbocycles. The van der Waals surface area contributed by atoms with Gasteiger partial charge in [-0.2, -0.15) is 0 Å². The van der Waals surface area contributed by atoms with Gasteiger partial charge >= 0.3 is 0 Å². The number of hydrogen-bond acceptors (Lipinski definition) is 3. The molecule has 1 fully saturated rings. The van der Waals surface area contributed by atoms with Crippen LogP contribution in [0.25, 0.3) is 10.9 Å². The summed E-state index contributed by atoms with van der Waals surface area (Å²) in [6.07, 6.45) is 0.574. The first-order chi connectivity index (χ1) is 16.7. The fourth-order valence-corrected chi connectivity index (χ4v) is 5.06. The Morgan fingerprint density at radius 1 is 0.943 bits per heavy atom. The van der Waals surface area contributed by atoms with E-state index in [4.69, 9.17) is 16.6 Å². The highest BCUT2D eigenvalue weighted by Gasteiger charge is 2.47. The predicted octanol–water partition coefficient (Wildman–Crippen LogP) is 5.91. The fourth-order valence-electron chi connectivity index (χ4n) is 4.90.